The first-order valence-electron chi connectivity index (χ1n) is 7.49. The first kappa shape index (κ1) is 16.1. The van der Waals surface area contributed by atoms with Crippen molar-refractivity contribution in [3.8, 4) is 0 Å². The third-order valence-corrected chi connectivity index (χ3v) is 4.26. The maximum atomic E-state index is 12.5. The van der Waals surface area contributed by atoms with E-state index < -0.39 is 22.9 Å². The molecule has 0 aromatic carbocycles. The first-order valence-corrected chi connectivity index (χ1v) is 7.49. The number of hydrogen-bond donors (Lipinski definition) is 2. The Hall–Kier alpha value is -2.81. The van der Waals surface area contributed by atoms with E-state index in [1.54, 1.807) is 19.1 Å². The monoisotopic (exact) mass is 331 g/mol. The van der Waals surface area contributed by atoms with Gasteiger partial charge in [-0.1, -0.05) is 0 Å². The first-order chi connectivity index (χ1) is 11.4. The second kappa shape index (κ2) is 6.00. The number of aromatic nitrogens is 4. The molecule has 9 heteroatoms. The number of H-pyrrole nitrogens is 1. The van der Waals surface area contributed by atoms with Gasteiger partial charge in [0.15, 0.2) is 5.69 Å². The number of carbonyl (C=O) groups is 1. The molecule has 9 nitrogen and oxygen atoms in total. The minimum Gasteiger partial charge on any atom is -0.388 e. The van der Waals surface area contributed by atoms with Gasteiger partial charge < -0.3 is 10.0 Å². The number of carbonyl (C=O) groups excluding carboxylic acids is 1. The molecule has 2 N–H and O–H groups in total. The Morgan fingerprint density at radius 2 is 2.21 bits per heavy atom. The summed E-state index contributed by atoms with van der Waals surface area (Å²) in [6, 6.07) is 3.70. The molecule has 2 aromatic heterocycles. The Morgan fingerprint density at radius 3 is 2.88 bits per heavy atom. The molecule has 0 bridgehead atoms. The van der Waals surface area contributed by atoms with Crippen LogP contribution in [0, 0.1) is 0 Å². The van der Waals surface area contributed by atoms with Crippen LogP contribution in [0.4, 0.5) is 0 Å². The lowest BCUT2D eigenvalue weighted by atomic mass is 9.88. The minimum absolute atomic E-state index is 0.119. The van der Waals surface area contributed by atoms with Gasteiger partial charge in [0.1, 0.15) is 0 Å². The number of rotatable bonds is 2. The Bertz CT molecular complexity index is 858. The smallest absolute Gasteiger partial charge is 0.328 e. The van der Waals surface area contributed by atoms with E-state index in [0.29, 0.717) is 6.54 Å². The van der Waals surface area contributed by atoms with Crippen molar-refractivity contribution < 1.29 is 9.90 Å². The van der Waals surface area contributed by atoms with Crippen LogP contribution in [-0.4, -0.2) is 54.4 Å². The zero-order valence-corrected chi connectivity index (χ0v) is 13.0. The molecule has 0 radical (unpaired) electrons. The summed E-state index contributed by atoms with van der Waals surface area (Å²) < 4.78 is 1.25. The molecule has 0 spiro atoms. The van der Waals surface area contributed by atoms with Crippen LogP contribution in [0.1, 0.15) is 29.9 Å². The van der Waals surface area contributed by atoms with Crippen LogP contribution in [0.5, 0.6) is 0 Å². The number of nitrogens with one attached hydrogen (secondary N) is 1. The maximum absolute atomic E-state index is 12.5. The second-order valence-electron chi connectivity index (χ2n) is 6.00. The summed E-state index contributed by atoms with van der Waals surface area (Å²) in [5.74, 6) is -0.318. The largest absolute Gasteiger partial charge is 0.388 e. The topological polar surface area (TPSA) is 121 Å². The van der Waals surface area contributed by atoms with Crippen LogP contribution >= 0.6 is 0 Å². The number of piperidine rings is 1. The fourth-order valence-corrected chi connectivity index (χ4v) is 2.85. The lowest BCUT2D eigenvalue weighted by Crippen LogP contribution is -2.55. The normalized spacial score (nSPS) is 23.9. The standard InChI is InChI=1S/C15H17N5O4/c1-15(24)5-8-19(13(22)10-3-2-6-16-18-10)9-11(15)20-7-4-12(21)17-14(20)23/h2-4,6-7,11,24H,5,8-9H2,1H3,(H,17,21,23)/t11-,15-/m1/s1. The van der Waals surface area contributed by atoms with Gasteiger partial charge in [-0.3, -0.25) is 19.1 Å². The van der Waals surface area contributed by atoms with E-state index >= 15 is 0 Å². The SMILES string of the molecule is C[C@@]1(O)CCN(C(=O)c2cccnn2)C[C@H]1n1ccc(=O)[nH]c1=O. The van der Waals surface area contributed by atoms with Gasteiger partial charge in [-0.25, -0.2) is 4.79 Å². The third-order valence-electron chi connectivity index (χ3n) is 4.26. The number of aromatic amines is 1. The molecule has 1 amide bonds. The molecular formula is C15H17N5O4. The van der Waals surface area contributed by atoms with Gasteiger partial charge in [0.25, 0.3) is 11.5 Å². The molecule has 1 fully saturated rings. The van der Waals surface area contributed by atoms with Crippen LogP contribution in [-0.2, 0) is 0 Å². The van der Waals surface area contributed by atoms with Crippen molar-refractivity contribution in [2.75, 3.05) is 13.1 Å². The van der Waals surface area contributed by atoms with Crippen LogP contribution in [0.3, 0.4) is 0 Å². The van der Waals surface area contributed by atoms with Crippen molar-refractivity contribution in [1.29, 1.82) is 0 Å². The van der Waals surface area contributed by atoms with E-state index in [1.165, 1.54) is 27.9 Å². The zero-order chi connectivity index (χ0) is 17.3. The van der Waals surface area contributed by atoms with Crippen molar-refractivity contribution >= 4 is 5.91 Å². The van der Waals surface area contributed by atoms with Crippen molar-refractivity contribution in [2.24, 2.45) is 0 Å². The van der Waals surface area contributed by atoms with Gasteiger partial charge in [-0.2, -0.15) is 5.10 Å². The van der Waals surface area contributed by atoms with E-state index in [4.69, 9.17) is 0 Å². The van der Waals surface area contributed by atoms with Gasteiger partial charge >= 0.3 is 5.69 Å². The van der Waals surface area contributed by atoms with Crippen molar-refractivity contribution in [3.05, 3.63) is 57.1 Å². The Labute approximate surface area is 136 Å². The highest BCUT2D eigenvalue weighted by Gasteiger charge is 2.41. The van der Waals surface area contributed by atoms with Crippen molar-refractivity contribution in [3.63, 3.8) is 0 Å². The summed E-state index contributed by atoms with van der Waals surface area (Å²) in [7, 11) is 0. The summed E-state index contributed by atoms with van der Waals surface area (Å²) in [6.45, 7) is 2.06. The summed E-state index contributed by atoms with van der Waals surface area (Å²) in [6.07, 6.45) is 3.09. The van der Waals surface area contributed by atoms with Crippen LogP contribution in [0.15, 0.2) is 40.2 Å². The molecule has 1 saturated heterocycles. The number of hydrogen-bond acceptors (Lipinski definition) is 6. The molecule has 126 valence electrons. The molecule has 2 atom stereocenters. The fraction of sp³-hybridized carbons (Fsp3) is 0.400. The van der Waals surface area contributed by atoms with Gasteiger partial charge in [-0.15, -0.1) is 5.10 Å². The summed E-state index contributed by atoms with van der Waals surface area (Å²) in [5, 5.41) is 18.1. The van der Waals surface area contributed by atoms with E-state index in [0.717, 1.165) is 0 Å². The zero-order valence-electron chi connectivity index (χ0n) is 13.0. The molecule has 2 aromatic rings. The summed E-state index contributed by atoms with van der Waals surface area (Å²) >= 11 is 0. The van der Waals surface area contributed by atoms with Crippen molar-refractivity contribution in [2.45, 2.75) is 25.0 Å². The predicted molar refractivity (Wildman–Crippen MR) is 83.5 cm³/mol. The van der Waals surface area contributed by atoms with Gasteiger partial charge in [-0.05, 0) is 25.5 Å². The number of nitrogens with zero attached hydrogens (tertiary/aromatic N) is 4. The molecule has 3 heterocycles. The molecule has 0 saturated carbocycles. The quantitative estimate of drug-likeness (QED) is 0.740. The minimum atomic E-state index is -1.19. The second-order valence-corrected chi connectivity index (χ2v) is 6.00. The third kappa shape index (κ3) is 2.98. The average Bonchev–Trinajstić information content (AvgIpc) is 2.56. The molecular weight excluding hydrogens is 314 g/mol. The van der Waals surface area contributed by atoms with Gasteiger partial charge in [0.05, 0.1) is 11.6 Å². The number of aliphatic hydroxyl groups is 1. The molecule has 1 aliphatic heterocycles. The Morgan fingerprint density at radius 1 is 1.42 bits per heavy atom. The van der Waals surface area contributed by atoms with Crippen molar-refractivity contribution in [1.82, 2.24) is 24.6 Å². The van der Waals surface area contributed by atoms with Crippen LogP contribution in [0.25, 0.3) is 0 Å². The van der Waals surface area contributed by atoms with E-state index in [1.807, 2.05) is 0 Å². The molecule has 3 rings (SSSR count). The highest BCUT2D eigenvalue weighted by Crippen LogP contribution is 2.31. The van der Waals surface area contributed by atoms with Crippen LogP contribution < -0.4 is 11.2 Å². The Kier molecular flexibility index (Phi) is 4.02. The maximum Gasteiger partial charge on any atom is 0.328 e. The highest BCUT2D eigenvalue weighted by molar-refractivity contribution is 5.92. The van der Waals surface area contributed by atoms with Gasteiger partial charge in [0, 0.05) is 31.5 Å². The number of amides is 1. The lowest BCUT2D eigenvalue weighted by Gasteiger charge is -2.43. The van der Waals surface area contributed by atoms with E-state index in [2.05, 4.69) is 15.2 Å². The van der Waals surface area contributed by atoms with E-state index in [-0.39, 0.29) is 24.6 Å². The fourth-order valence-electron chi connectivity index (χ4n) is 2.85. The molecule has 1 aliphatic rings. The number of likely N-dealkylation sites (tertiary alicyclic amines) is 1. The van der Waals surface area contributed by atoms with Gasteiger partial charge in [0.2, 0.25) is 0 Å². The van der Waals surface area contributed by atoms with E-state index in [9.17, 15) is 19.5 Å². The molecule has 24 heavy (non-hydrogen) atoms. The molecule has 0 unspecified atom stereocenters. The predicted octanol–water partition coefficient (Wildman–Crippen LogP) is -0.835. The summed E-state index contributed by atoms with van der Waals surface area (Å²) in [5.41, 5.74) is -2.13. The lowest BCUT2D eigenvalue weighted by molar-refractivity contribution is -0.0460. The Balaban J connectivity index is 1.92. The summed E-state index contributed by atoms with van der Waals surface area (Å²) in [4.78, 5) is 39.5. The average molecular weight is 331 g/mol. The highest BCUT2D eigenvalue weighted by atomic mass is 16.3. The molecule has 0 aliphatic carbocycles. The van der Waals surface area contributed by atoms with Crippen LogP contribution in [0.2, 0.25) is 0 Å².